The third kappa shape index (κ3) is 3.16. The largest absolute Gasteiger partial charge is 0.431 e. The van der Waals surface area contributed by atoms with E-state index in [1.54, 1.807) is 30.5 Å². The maximum absolute atomic E-state index is 12.4. The molecule has 0 aliphatic heterocycles. The fraction of sp³-hybridized carbons (Fsp3) is 0.158. The van der Waals surface area contributed by atoms with Gasteiger partial charge in [0.05, 0.1) is 0 Å². The second kappa shape index (κ2) is 6.45. The van der Waals surface area contributed by atoms with E-state index in [1.807, 2.05) is 17.5 Å². The van der Waals surface area contributed by atoms with Gasteiger partial charge in [0.25, 0.3) is 11.1 Å². The number of carbonyl (C=O) groups excluding carboxylic acids is 1. The number of carbonyl (C=O) groups is 1. The van der Waals surface area contributed by atoms with Crippen molar-refractivity contribution in [2.45, 2.75) is 18.9 Å². The van der Waals surface area contributed by atoms with Crippen LogP contribution in [0.5, 0.6) is 10.9 Å². The Morgan fingerprint density at radius 3 is 2.42 bits per heavy atom. The summed E-state index contributed by atoms with van der Waals surface area (Å²) in [5.41, 5.74) is 3.29. The number of fused-ring (bicyclic) bond motifs is 1. The molecule has 3 aromatic rings. The van der Waals surface area contributed by atoms with Gasteiger partial charge in [0, 0.05) is 23.2 Å². The average molecular weight is 336 g/mol. The van der Waals surface area contributed by atoms with Gasteiger partial charge in [-0.3, -0.25) is 4.79 Å². The van der Waals surface area contributed by atoms with E-state index in [1.165, 1.54) is 22.5 Å². The van der Waals surface area contributed by atoms with Crippen molar-refractivity contribution in [3.63, 3.8) is 0 Å². The molecule has 1 aliphatic carbocycles. The quantitative estimate of drug-likeness (QED) is 0.788. The number of hydrogen-bond acceptors (Lipinski definition) is 4. The van der Waals surface area contributed by atoms with Gasteiger partial charge in [0.1, 0.15) is 5.75 Å². The zero-order valence-corrected chi connectivity index (χ0v) is 13.8. The van der Waals surface area contributed by atoms with E-state index in [0.717, 1.165) is 12.8 Å². The van der Waals surface area contributed by atoms with Crippen LogP contribution in [-0.2, 0) is 12.8 Å². The standard InChI is InChI=1S/C19H16N2O2S/c22-18(21-16-11-14-3-1-2-4-15(14)12-16)13-5-7-17(8-6-13)23-19-20-9-10-24-19/h1-10,16H,11-12H2,(H,21,22). The topological polar surface area (TPSA) is 51.2 Å². The first-order valence-corrected chi connectivity index (χ1v) is 8.71. The van der Waals surface area contributed by atoms with Gasteiger partial charge in [0.15, 0.2) is 0 Å². The molecule has 0 atom stereocenters. The molecule has 1 aliphatic rings. The molecule has 0 spiro atoms. The van der Waals surface area contributed by atoms with E-state index in [4.69, 9.17) is 4.74 Å². The summed E-state index contributed by atoms with van der Waals surface area (Å²) in [5, 5.41) is 5.57. The molecule has 0 radical (unpaired) electrons. The van der Waals surface area contributed by atoms with E-state index in [2.05, 4.69) is 22.4 Å². The van der Waals surface area contributed by atoms with Crippen molar-refractivity contribution in [2.24, 2.45) is 0 Å². The van der Waals surface area contributed by atoms with Gasteiger partial charge in [-0.25, -0.2) is 4.98 Å². The summed E-state index contributed by atoms with van der Waals surface area (Å²) in [6, 6.07) is 15.7. The van der Waals surface area contributed by atoms with Crippen LogP contribution in [0.15, 0.2) is 60.1 Å². The molecule has 5 heteroatoms. The van der Waals surface area contributed by atoms with Gasteiger partial charge in [-0.15, -0.1) is 0 Å². The van der Waals surface area contributed by atoms with Crippen LogP contribution in [0, 0.1) is 0 Å². The Hall–Kier alpha value is -2.66. The first kappa shape index (κ1) is 14.9. The summed E-state index contributed by atoms with van der Waals surface area (Å²) in [5.74, 6) is 0.628. The molecule has 4 nitrogen and oxygen atoms in total. The normalized spacial score (nSPS) is 13.5. The minimum atomic E-state index is -0.0476. The van der Waals surface area contributed by atoms with Crippen LogP contribution in [0.25, 0.3) is 0 Å². The average Bonchev–Trinajstić information content (AvgIpc) is 3.24. The molecule has 0 fully saturated rings. The molecule has 0 saturated heterocycles. The Morgan fingerprint density at radius 1 is 1.08 bits per heavy atom. The number of amides is 1. The van der Waals surface area contributed by atoms with E-state index in [-0.39, 0.29) is 11.9 Å². The molecule has 120 valence electrons. The molecule has 1 heterocycles. The fourth-order valence-electron chi connectivity index (χ4n) is 2.97. The first-order valence-electron chi connectivity index (χ1n) is 7.83. The summed E-state index contributed by atoms with van der Waals surface area (Å²) in [7, 11) is 0. The van der Waals surface area contributed by atoms with Crippen molar-refractivity contribution in [1.82, 2.24) is 10.3 Å². The van der Waals surface area contributed by atoms with Crippen LogP contribution in [0.4, 0.5) is 0 Å². The van der Waals surface area contributed by atoms with Crippen LogP contribution in [0.3, 0.4) is 0 Å². The third-order valence-corrected chi connectivity index (χ3v) is 4.77. The number of benzene rings is 2. The van der Waals surface area contributed by atoms with E-state index in [9.17, 15) is 4.79 Å². The number of ether oxygens (including phenoxy) is 1. The minimum Gasteiger partial charge on any atom is -0.431 e. The van der Waals surface area contributed by atoms with Crippen LogP contribution in [0.2, 0.25) is 0 Å². The lowest BCUT2D eigenvalue weighted by molar-refractivity contribution is 0.0938. The zero-order valence-electron chi connectivity index (χ0n) is 12.9. The van der Waals surface area contributed by atoms with Crippen molar-refractivity contribution in [2.75, 3.05) is 0 Å². The Labute approximate surface area is 144 Å². The summed E-state index contributed by atoms with van der Waals surface area (Å²) in [6.45, 7) is 0. The number of nitrogens with zero attached hydrogens (tertiary/aromatic N) is 1. The predicted molar refractivity (Wildman–Crippen MR) is 93.7 cm³/mol. The van der Waals surface area contributed by atoms with Crippen LogP contribution in [0.1, 0.15) is 21.5 Å². The Balaban J connectivity index is 1.38. The smallest absolute Gasteiger partial charge is 0.278 e. The molecule has 1 N–H and O–H groups in total. The molecule has 24 heavy (non-hydrogen) atoms. The van der Waals surface area contributed by atoms with Crippen LogP contribution < -0.4 is 10.1 Å². The maximum Gasteiger partial charge on any atom is 0.278 e. The highest BCUT2D eigenvalue weighted by atomic mass is 32.1. The second-order valence-corrected chi connectivity index (χ2v) is 6.63. The third-order valence-electron chi connectivity index (χ3n) is 4.12. The van der Waals surface area contributed by atoms with E-state index in [0.29, 0.717) is 16.5 Å². The first-order chi connectivity index (χ1) is 11.8. The molecular formula is C19H16N2O2S. The van der Waals surface area contributed by atoms with Gasteiger partial charge in [0.2, 0.25) is 0 Å². The number of rotatable bonds is 4. The molecule has 1 amide bonds. The van der Waals surface area contributed by atoms with Gasteiger partial charge in [-0.2, -0.15) is 0 Å². The van der Waals surface area contributed by atoms with Crippen molar-refractivity contribution >= 4 is 17.2 Å². The molecule has 0 unspecified atom stereocenters. The lowest BCUT2D eigenvalue weighted by Gasteiger charge is -2.12. The highest BCUT2D eigenvalue weighted by molar-refractivity contribution is 7.11. The number of nitrogens with one attached hydrogen (secondary N) is 1. The second-order valence-electron chi connectivity index (χ2n) is 5.77. The van der Waals surface area contributed by atoms with Gasteiger partial charge in [-0.1, -0.05) is 35.6 Å². The zero-order chi connectivity index (χ0) is 16.4. The van der Waals surface area contributed by atoms with Crippen molar-refractivity contribution in [3.05, 3.63) is 76.8 Å². The van der Waals surface area contributed by atoms with Crippen LogP contribution >= 0.6 is 11.3 Å². The highest BCUT2D eigenvalue weighted by Crippen LogP contribution is 2.24. The summed E-state index contributed by atoms with van der Waals surface area (Å²) in [4.78, 5) is 16.5. The predicted octanol–water partition coefficient (Wildman–Crippen LogP) is 3.83. The Morgan fingerprint density at radius 2 is 1.79 bits per heavy atom. The monoisotopic (exact) mass is 336 g/mol. The maximum atomic E-state index is 12.4. The number of thiazole rings is 1. The Bertz CT molecular complexity index is 819. The van der Waals surface area contributed by atoms with Crippen molar-refractivity contribution in [1.29, 1.82) is 0 Å². The molecule has 0 saturated carbocycles. The highest BCUT2D eigenvalue weighted by Gasteiger charge is 2.22. The fourth-order valence-corrected chi connectivity index (χ4v) is 3.47. The van der Waals surface area contributed by atoms with Crippen molar-refractivity contribution in [3.8, 4) is 10.9 Å². The summed E-state index contributed by atoms with van der Waals surface area (Å²) < 4.78 is 5.60. The molecule has 4 rings (SSSR count). The molecule has 2 aromatic carbocycles. The van der Waals surface area contributed by atoms with E-state index < -0.39 is 0 Å². The van der Waals surface area contributed by atoms with Gasteiger partial charge in [-0.05, 0) is 48.2 Å². The lowest BCUT2D eigenvalue weighted by Crippen LogP contribution is -2.35. The number of hydrogen-bond donors (Lipinski definition) is 1. The van der Waals surface area contributed by atoms with E-state index >= 15 is 0 Å². The van der Waals surface area contributed by atoms with Crippen molar-refractivity contribution < 1.29 is 9.53 Å². The Kier molecular flexibility index (Phi) is 4.01. The molecular weight excluding hydrogens is 320 g/mol. The minimum absolute atomic E-state index is 0.0476. The molecule has 1 aromatic heterocycles. The lowest BCUT2D eigenvalue weighted by atomic mass is 10.1. The SMILES string of the molecule is O=C(NC1Cc2ccccc2C1)c1ccc(Oc2nccs2)cc1. The summed E-state index contributed by atoms with van der Waals surface area (Å²) >= 11 is 1.43. The van der Waals surface area contributed by atoms with Gasteiger partial charge < -0.3 is 10.1 Å². The van der Waals surface area contributed by atoms with Crippen LogP contribution in [-0.4, -0.2) is 16.9 Å². The number of aromatic nitrogens is 1. The van der Waals surface area contributed by atoms with Gasteiger partial charge >= 0.3 is 0 Å². The molecule has 0 bridgehead atoms. The summed E-state index contributed by atoms with van der Waals surface area (Å²) in [6.07, 6.45) is 3.49.